The molecule has 37 heavy (non-hydrogen) atoms. The van der Waals surface area contributed by atoms with Crippen LogP contribution in [0.5, 0.6) is 0 Å². The van der Waals surface area contributed by atoms with Gasteiger partial charge in [-0.3, -0.25) is 9.59 Å². The van der Waals surface area contributed by atoms with Gasteiger partial charge in [-0.15, -0.1) is 0 Å². The van der Waals surface area contributed by atoms with Crippen LogP contribution in [0.25, 0.3) is 0 Å². The molecule has 6 heteroatoms. The zero-order valence-electron chi connectivity index (χ0n) is 23.5. The summed E-state index contributed by atoms with van der Waals surface area (Å²) in [4.78, 5) is 39.6. The Morgan fingerprint density at radius 1 is 1.05 bits per heavy atom. The van der Waals surface area contributed by atoms with Gasteiger partial charge in [0, 0.05) is 36.4 Å². The smallest absolute Gasteiger partial charge is 0.406 e. The van der Waals surface area contributed by atoms with E-state index in [1.54, 1.807) is 20.2 Å². The molecule has 0 bridgehead atoms. The van der Waals surface area contributed by atoms with Gasteiger partial charge in [0.25, 0.3) is 0 Å². The Hall–Kier alpha value is -2.47. The van der Waals surface area contributed by atoms with Crippen molar-refractivity contribution in [2.24, 2.45) is 33.5 Å². The molecule has 3 fully saturated rings. The Morgan fingerprint density at radius 3 is 2.38 bits per heavy atom. The number of aliphatic hydroxyl groups excluding tert-OH is 1. The highest BCUT2D eigenvalue weighted by Crippen LogP contribution is 2.74. The van der Waals surface area contributed by atoms with Crippen LogP contribution < -0.4 is 0 Å². The van der Waals surface area contributed by atoms with Gasteiger partial charge in [0.15, 0.2) is 11.5 Å². The number of hydrogen-bond donors (Lipinski definition) is 1. The van der Waals surface area contributed by atoms with E-state index in [9.17, 15) is 19.5 Å². The molecular formula is C31H41NO5. The number of carbonyl (C=O) groups excluding carboxylic acids is 3. The van der Waals surface area contributed by atoms with E-state index in [1.807, 2.05) is 13.8 Å². The topological polar surface area (TPSA) is 83.9 Å². The van der Waals surface area contributed by atoms with Crippen LogP contribution >= 0.6 is 0 Å². The van der Waals surface area contributed by atoms with Gasteiger partial charge in [-0.1, -0.05) is 52.3 Å². The maximum Gasteiger partial charge on any atom is 0.414 e. The van der Waals surface area contributed by atoms with E-state index in [0.717, 1.165) is 43.3 Å². The number of aliphatic hydroxyl groups is 1. The van der Waals surface area contributed by atoms with Gasteiger partial charge in [-0.2, -0.15) is 0 Å². The lowest BCUT2D eigenvalue weighted by Gasteiger charge is -2.69. The summed E-state index contributed by atoms with van der Waals surface area (Å²) in [5.74, 6) is -0.0703. The first kappa shape index (κ1) is 26.1. The Labute approximate surface area is 220 Å². The number of allylic oxidation sites excluding steroid dienone is 7. The predicted molar refractivity (Wildman–Crippen MR) is 141 cm³/mol. The first-order valence-corrected chi connectivity index (χ1v) is 13.6. The van der Waals surface area contributed by atoms with Gasteiger partial charge >= 0.3 is 6.09 Å². The summed E-state index contributed by atoms with van der Waals surface area (Å²) >= 11 is 0. The van der Waals surface area contributed by atoms with Gasteiger partial charge in [0.2, 0.25) is 5.78 Å². The molecule has 0 spiro atoms. The van der Waals surface area contributed by atoms with Gasteiger partial charge in [0.1, 0.15) is 6.10 Å². The molecule has 6 nitrogen and oxygen atoms in total. The highest BCUT2D eigenvalue weighted by atomic mass is 16.6. The maximum absolute atomic E-state index is 13.3. The van der Waals surface area contributed by atoms with E-state index in [4.69, 9.17) is 4.74 Å². The van der Waals surface area contributed by atoms with Crippen LogP contribution in [0.15, 0.2) is 46.3 Å². The average molecular weight is 508 g/mol. The SMILES string of the molecule is CC1=C(OC(=O)N(C)C)C(=O)C=C2C1=CC=C1C2(C)CCC2(C)C3CC(C)C(=O)C(O)C3(C)CCC12C. The number of nitrogens with zero attached hydrogens (tertiary/aromatic N) is 1. The minimum Gasteiger partial charge on any atom is -0.406 e. The van der Waals surface area contributed by atoms with Crippen LogP contribution in [-0.4, -0.2) is 47.9 Å². The number of amides is 1. The van der Waals surface area contributed by atoms with E-state index in [0.29, 0.717) is 5.57 Å². The van der Waals surface area contributed by atoms with Gasteiger partial charge < -0.3 is 14.7 Å². The van der Waals surface area contributed by atoms with Gasteiger partial charge in [0.05, 0.1) is 0 Å². The lowest BCUT2D eigenvalue weighted by atomic mass is 9.35. The summed E-state index contributed by atoms with van der Waals surface area (Å²) in [7, 11) is 3.19. The number of rotatable bonds is 1. The number of hydrogen-bond acceptors (Lipinski definition) is 5. The molecule has 0 heterocycles. The molecular weight excluding hydrogens is 466 g/mol. The molecule has 1 amide bonds. The van der Waals surface area contributed by atoms with Gasteiger partial charge in [-0.05, 0) is 73.0 Å². The van der Waals surface area contributed by atoms with Crippen LogP contribution in [0.2, 0.25) is 0 Å². The van der Waals surface area contributed by atoms with Crippen molar-refractivity contribution in [3.8, 4) is 0 Å². The van der Waals surface area contributed by atoms with Crippen LogP contribution in [0, 0.1) is 33.5 Å². The first-order chi connectivity index (χ1) is 17.1. The summed E-state index contributed by atoms with van der Waals surface area (Å²) in [5, 5.41) is 11.1. The molecule has 200 valence electrons. The Kier molecular flexibility index (Phi) is 5.67. The van der Waals surface area contributed by atoms with Crippen molar-refractivity contribution in [1.29, 1.82) is 0 Å². The Balaban J connectivity index is 1.60. The number of fused-ring (bicyclic) bond motifs is 7. The summed E-state index contributed by atoms with van der Waals surface area (Å²) in [6, 6.07) is 0. The van der Waals surface area contributed by atoms with Crippen molar-refractivity contribution in [3.05, 3.63) is 46.3 Å². The minimum atomic E-state index is -0.905. The number of carbonyl (C=O) groups is 3. The second kappa shape index (κ2) is 8.02. The lowest BCUT2D eigenvalue weighted by Crippen LogP contribution is -2.65. The molecule has 3 saturated carbocycles. The third kappa shape index (κ3) is 3.23. The van der Waals surface area contributed by atoms with Crippen molar-refractivity contribution in [2.75, 3.05) is 14.1 Å². The average Bonchev–Trinajstić information content (AvgIpc) is 2.84. The van der Waals surface area contributed by atoms with E-state index >= 15 is 0 Å². The van der Waals surface area contributed by atoms with E-state index in [-0.39, 0.29) is 45.4 Å². The Bertz CT molecular complexity index is 1240. The monoisotopic (exact) mass is 507 g/mol. The number of ether oxygens (including phenoxy) is 1. The molecule has 7 unspecified atom stereocenters. The van der Waals surface area contributed by atoms with E-state index in [1.165, 1.54) is 10.5 Å². The van der Waals surface area contributed by atoms with Crippen LogP contribution in [-0.2, 0) is 14.3 Å². The third-order valence-corrected chi connectivity index (χ3v) is 11.4. The fourth-order valence-corrected chi connectivity index (χ4v) is 8.73. The largest absolute Gasteiger partial charge is 0.414 e. The second-order valence-corrected chi connectivity index (χ2v) is 13.4. The van der Waals surface area contributed by atoms with Crippen LogP contribution in [0.4, 0.5) is 4.79 Å². The summed E-state index contributed by atoms with van der Waals surface area (Å²) in [6.45, 7) is 13.0. The first-order valence-electron chi connectivity index (χ1n) is 13.6. The second-order valence-electron chi connectivity index (χ2n) is 13.4. The molecule has 0 aromatic carbocycles. The van der Waals surface area contributed by atoms with Crippen LogP contribution in [0.1, 0.15) is 73.6 Å². The lowest BCUT2D eigenvalue weighted by molar-refractivity contribution is -0.192. The number of Topliss-reactive ketones (excluding diaryl/α,β-unsaturated/α-hetero) is 1. The molecule has 0 radical (unpaired) electrons. The van der Waals surface area contributed by atoms with Crippen molar-refractivity contribution in [2.45, 2.75) is 79.8 Å². The van der Waals surface area contributed by atoms with Crippen molar-refractivity contribution < 1.29 is 24.2 Å². The van der Waals surface area contributed by atoms with Crippen LogP contribution in [0.3, 0.4) is 0 Å². The maximum atomic E-state index is 13.3. The molecule has 5 aliphatic rings. The highest BCUT2D eigenvalue weighted by Gasteiger charge is 2.68. The summed E-state index contributed by atoms with van der Waals surface area (Å²) in [6.07, 6.45) is 8.91. The molecule has 7 atom stereocenters. The zero-order valence-corrected chi connectivity index (χ0v) is 23.5. The van der Waals surface area contributed by atoms with E-state index in [2.05, 4.69) is 39.8 Å². The highest BCUT2D eigenvalue weighted by molar-refractivity contribution is 6.08. The normalized spacial score (nSPS) is 42.9. The molecule has 0 aromatic rings. The molecule has 1 N–H and O–H groups in total. The fraction of sp³-hybridized carbons (Fsp3) is 0.645. The van der Waals surface area contributed by atoms with Gasteiger partial charge in [-0.25, -0.2) is 4.79 Å². The third-order valence-electron chi connectivity index (χ3n) is 11.4. The quantitative estimate of drug-likeness (QED) is 0.504. The molecule has 0 aromatic heterocycles. The molecule has 0 saturated heterocycles. The van der Waals surface area contributed by atoms with Crippen molar-refractivity contribution in [1.82, 2.24) is 4.90 Å². The van der Waals surface area contributed by atoms with Crippen molar-refractivity contribution in [3.63, 3.8) is 0 Å². The molecule has 5 rings (SSSR count). The number of ketones is 2. The molecule has 0 aliphatic heterocycles. The standard InChI is InChI=1S/C31H41NO5/c1-17-15-23-29(4,26(35)24(17)34)12-14-30(5)22-10-9-19-18(2)25(37-27(36)32(7)8)21(33)16-20(19)28(22,3)11-13-31(23,30)6/h9-10,16-17,23,26,35H,11-15H2,1-8H3. The van der Waals surface area contributed by atoms with Crippen molar-refractivity contribution >= 4 is 17.7 Å². The summed E-state index contributed by atoms with van der Waals surface area (Å²) < 4.78 is 5.48. The molecule has 5 aliphatic carbocycles. The minimum absolute atomic E-state index is 0.00466. The Morgan fingerprint density at radius 2 is 1.73 bits per heavy atom. The fourth-order valence-electron chi connectivity index (χ4n) is 8.73. The zero-order chi connectivity index (χ0) is 27.3. The predicted octanol–water partition coefficient (Wildman–Crippen LogP) is 5.53. The summed E-state index contributed by atoms with van der Waals surface area (Å²) in [5.41, 5.74) is 3.09. The van der Waals surface area contributed by atoms with E-state index < -0.39 is 17.6 Å².